The van der Waals surface area contributed by atoms with Crippen molar-refractivity contribution in [3.63, 3.8) is 0 Å². The van der Waals surface area contributed by atoms with Crippen LogP contribution in [0.4, 0.5) is 0 Å². The van der Waals surface area contributed by atoms with Gasteiger partial charge in [0.15, 0.2) is 0 Å². The average Bonchev–Trinajstić information content (AvgIpc) is 2.55. The highest BCUT2D eigenvalue weighted by atomic mass is 16.5. The SMILES string of the molecule is COCCOc1ccc2c(c1)CN(C)CC2C1(O)CCCCC1. The van der Waals surface area contributed by atoms with E-state index in [1.165, 1.54) is 17.5 Å². The summed E-state index contributed by atoms with van der Waals surface area (Å²) in [7, 11) is 3.82. The lowest BCUT2D eigenvalue weighted by Crippen LogP contribution is -2.46. The molecule has 1 aromatic carbocycles. The van der Waals surface area contributed by atoms with E-state index in [9.17, 15) is 5.11 Å². The summed E-state index contributed by atoms with van der Waals surface area (Å²) in [6.07, 6.45) is 5.40. The van der Waals surface area contributed by atoms with Gasteiger partial charge in [-0.05, 0) is 43.1 Å². The molecule has 1 fully saturated rings. The Morgan fingerprint density at radius 3 is 2.74 bits per heavy atom. The van der Waals surface area contributed by atoms with Crippen molar-refractivity contribution in [3.8, 4) is 5.75 Å². The normalized spacial score (nSPS) is 24.2. The van der Waals surface area contributed by atoms with E-state index in [-0.39, 0.29) is 5.92 Å². The predicted octanol–water partition coefficient (Wildman–Crippen LogP) is 2.94. The zero-order chi connectivity index (χ0) is 16.3. The van der Waals surface area contributed by atoms with Crippen LogP contribution >= 0.6 is 0 Å². The molecule has 0 bridgehead atoms. The van der Waals surface area contributed by atoms with Crippen molar-refractivity contribution in [1.82, 2.24) is 4.90 Å². The molecule has 2 aliphatic rings. The minimum Gasteiger partial charge on any atom is -0.491 e. The summed E-state index contributed by atoms with van der Waals surface area (Å²) < 4.78 is 10.8. The molecule has 0 saturated heterocycles. The third kappa shape index (κ3) is 3.70. The molecule has 128 valence electrons. The number of likely N-dealkylation sites (N-methyl/N-ethyl adjacent to an activating group) is 1. The van der Waals surface area contributed by atoms with E-state index in [1.807, 2.05) is 6.07 Å². The van der Waals surface area contributed by atoms with E-state index in [1.54, 1.807) is 7.11 Å². The fraction of sp³-hybridized carbons (Fsp3) is 0.684. The number of fused-ring (bicyclic) bond motifs is 1. The van der Waals surface area contributed by atoms with Crippen LogP contribution in [0.25, 0.3) is 0 Å². The van der Waals surface area contributed by atoms with Crippen molar-refractivity contribution in [1.29, 1.82) is 0 Å². The van der Waals surface area contributed by atoms with Gasteiger partial charge < -0.3 is 19.5 Å². The average molecular weight is 319 g/mol. The summed E-state index contributed by atoms with van der Waals surface area (Å²) in [5.74, 6) is 1.11. The summed E-state index contributed by atoms with van der Waals surface area (Å²) in [6.45, 7) is 3.02. The highest BCUT2D eigenvalue weighted by Crippen LogP contribution is 2.44. The Hall–Kier alpha value is -1.10. The molecule has 1 aliphatic heterocycles. The second-order valence-corrected chi connectivity index (χ2v) is 7.12. The van der Waals surface area contributed by atoms with Gasteiger partial charge in [-0.2, -0.15) is 0 Å². The Balaban J connectivity index is 1.83. The van der Waals surface area contributed by atoms with Gasteiger partial charge in [-0.3, -0.25) is 0 Å². The van der Waals surface area contributed by atoms with Gasteiger partial charge in [0, 0.05) is 26.1 Å². The maximum atomic E-state index is 11.2. The van der Waals surface area contributed by atoms with Crippen LogP contribution in [0.15, 0.2) is 18.2 Å². The maximum absolute atomic E-state index is 11.2. The van der Waals surface area contributed by atoms with Gasteiger partial charge in [-0.15, -0.1) is 0 Å². The Kier molecular flexibility index (Phi) is 5.24. The summed E-state index contributed by atoms with van der Waals surface area (Å²) in [5, 5.41) is 11.2. The number of ether oxygens (including phenoxy) is 2. The molecule has 0 aromatic heterocycles. The second-order valence-electron chi connectivity index (χ2n) is 7.12. The van der Waals surface area contributed by atoms with Crippen molar-refractivity contribution in [2.45, 2.75) is 50.2 Å². The van der Waals surface area contributed by atoms with Crippen molar-refractivity contribution < 1.29 is 14.6 Å². The second kappa shape index (κ2) is 7.20. The van der Waals surface area contributed by atoms with E-state index in [0.717, 1.165) is 44.5 Å². The van der Waals surface area contributed by atoms with E-state index in [4.69, 9.17) is 9.47 Å². The molecular formula is C19H29NO3. The molecule has 1 saturated carbocycles. The topological polar surface area (TPSA) is 41.9 Å². The van der Waals surface area contributed by atoms with Crippen molar-refractivity contribution in [2.24, 2.45) is 0 Å². The first-order valence-electron chi connectivity index (χ1n) is 8.78. The lowest BCUT2D eigenvalue weighted by molar-refractivity contribution is -0.0333. The maximum Gasteiger partial charge on any atom is 0.119 e. The standard InChI is InChI=1S/C19H29NO3/c1-20-13-15-12-16(23-11-10-22-2)6-7-17(15)18(14-20)19(21)8-4-3-5-9-19/h6-7,12,18,21H,3-5,8-11,13-14H2,1-2H3. The van der Waals surface area contributed by atoms with Gasteiger partial charge in [0.2, 0.25) is 0 Å². The predicted molar refractivity (Wildman–Crippen MR) is 90.9 cm³/mol. The lowest BCUT2D eigenvalue weighted by atomic mass is 9.70. The molecule has 0 amide bonds. The molecule has 0 spiro atoms. The smallest absolute Gasteiger partial charge is 0.119 e. The molecule has 23 heavy (non-hydrogen) atoms. The number of nitrogens with zero attached hydrogens (tertiary/aromatic N) is 1. The molecule has 1 atom stereocenters. The van der Waals surface area contributed by atoms with Gasteiger partial charge in [-0.1, -0.05) is 25.3 Å². The molecule has 1 aliphatic carbocycles. The van der Waals surface area contributed by atoms with Crippen molar-refractivity contribution in [3.05, 3.63) is 29.3 Å². The minimum absolute atomic E-state index is 0.213. The summed E-state index contributed by atoms with van der Waals surface area (Å²) in [5.41, 5.74) is 2.06. The van der Waals surface area contributed by atoms with Gasteiger partial charge in [0.1, 0.15) is 12.4 Å². The summed E-state index contributed by atoms with van der Waals surface area (Å²) in [4.78, 5) is 2.32. The number of rotatable bonds is 5. The van der Waals surface area contributed by atoms with Crippen LogP contribution < -0.4 is 4.74 Å². The van der Waals surface area contributed by atoms with Crippen LogP contribution in [0, 0.1) is 0 Å². The molecular weight excluding hydrogens is 290 g/mol. The van der Waals surface area contributed by atoms with Crippen LogP contribution in [-0.4, -0.2) is 49.5 Å². The van der Waals surface area contributed by atoms with Gasteiger partial charge >= 0.3 is 0 Å². The molecule has 4 nitrogen and oxygen atoms in total. The third-order valence-electron chi connectivity index (χ3n) is 5.35. The monoisotopic (exact) mass is 319 g/mol. The highest BCUT2D eigenvalue weighted by molar-refractivity contribution is 5.41. The molecule has 1 N–H and O–H groups in total. The molecule has 0 radical (unpaired) electrons. The van der Waals surface area contributed by atoms with Crippen LogP contribution in [0.2, 0.25) is 0 Å². The Morgan fingerprint density at radius 1 is 1.22 bits per heavy atom. The van der Waals surface area contributed by atoms with E-state index in [2.05, 4.69) is 24.1 Å². The Bertz CT molecular complexity index is 525. The summed E-state index contributed by atoms with van der Waals surface area (Å²) in [6, 6.07) is 6.35. The fourth-order valence-electron chi connectivity index (χ4n) is 4.13. The first-order chi connectivity index (χ1) is 11.1. The minimum atomic E-state index is -0.542. The highest BCUT2D eigenvalue weighted by Gasteiger charge is 2.41. The first kappa shape index (κ1) is 16.7. The number of methoxy groups -OCH3 is 1. The van der Waals surface area contributed by atoms with E-state index < -0.39 is 5.60 Å². The van der Waals surface area contributed by atoms with Crippen LogP contribution in [0.5, 0.6) is 5.75 Å². The number of aliphatic hydroxyl groups is 1. The number of benzene rings is 1. The largest absolute Gasteiger partial charge is 0.491 e. The zero-order valence-corrected chi connectivity index (χ0v) is 14.4. The lowest BCUT2D eigenvalue weighted by Gasteiger charge is -2.44. The quantitative estimate of drug-likeness (QED) is 0.847. The Labute approximate surface area is 139 Å². The van der Waals surface area contributed by atoms with Crippen LogP contribution in [0.1, 0.15) is 49.1 Å². The van der Waals surface area contributed by atoms with Gasteiger partial charge in [0.05, 0.1) is 12.2 Å². The van der Waals surface area contributed by atoms with Gasteiger partial charge in [-0.25, -0.2) is 0 Å². The third-order valence-corrected chi connectivity index (χ3v) is 5.35. The molecule has 4 heteroatoms. The molecule has 3 rings (SSSR count). The van der Waals surface area contributed by atoms with E-state index >= 15 is 0 Å². The zero-order valence-electron chi connectivity index (χ0n) is 14.4. The van der Waals surface area contributed by atoms with Gasteiger partial charge in [0.25, 0.3) is 0 Å². The number of hydrogen-bond acceptors (Lipinski definition) is 4. The van der Waals surface area contributed by atoms with Crippen LogP contribution in [0.3, 0.4) is 0 Å². The van der Waals surface area contributed by atoms with E-state index in [0.29, 0.717) is 13.2 Å². The molecule has 1 aromatic rings. The molecule has 1 heterocycles. The first-order valence-corrected chi connectivity index (χ1v) is 8.78. The van der Waals surface area contributed by atoms with Crippen molar-refractivity contribution >= 4 is 0 Å². The molecule has 1 unspecified atom stereocenters. The number of hydrogen-bond donors (Lipinski definition) is 1. The van der Waals surface area contributed by atoms with Crippen LogP contribution in [-0.2, 0) is 11.3 Å². The summed E-state index contributed by atoms with van der Waals surface area (Å²) >= 11 is 0. The fourth-order valence-corrected chi connectivity index (χ4v) is 4.13. The van der Waals surface area contributed by atoms with Crippen molar-refractivity contribution in [2.75, 3.05) is 33.9 Å². The Morgan fingerprint density at radius 2 is 2.00 bits per heavy atom.